The molecule has 3 aliphatic carbocycles. The fourth-order valence-corrected chi connectivity index (χ4v) is 7.50. The standard InChI is InChI=1S/C32H44N8O3/c1-38-27-18-34-32(37-30(27)39(19-29(38)41)22-5-3-4-6-22)36-26-10-7-20(15-28(26)43-2)31(42)35-21-16-25(17-21)40(23-8-9-23)24-11-13-33-14-12-24/h7,10,15,18,21-25,33H,3-6,8-9,11-14,16-17,19H2,1-2H3,(H,35,42)(H,34,36,37). The highest BCUT2D eigenvalue weighted by molar-refractivity contribution is 6.02. The smallest absolute Gasteiger partial charge is 0.251 e. The molecule has 5 aliphatic rings. The zero-order chi connectivity index (χ0) is 29.5. The van der Waals surface area contributed by atoms with E-state index >= 15 is 0 Å². The summed E-state index contributed by atoms with van der Waals surface area (Å²) in [5.74, 6) is 1.73. The van der Waals surface area contributed by atoms with Gasteiger partial charge in [-0.25, -0.2) is 4.98 Å². The summed E-state index contributed by atoms with van der Waals surface area (Å²) in [6.45, 7) is 2.56. The van der Waals surface area contributed by atoms with Crippen molar-refractivity contribution in [2.24, 2.45) is 0 Å². The van der Waals surface area contributed by atoms with Crippen molar-refractivity contribution in [1.82, 2.24) is 25.5 Å². The van der Waals surface area contributed by atoms with Gasteiger partial charge in [-0.1, -0.05) is 12.8 Å². The van der Waals surface area contributed by atoms with Gasteiger partial charge in [-0.3, -0.25) is 14.5 Å². The molecular weight excluding hydrogens is 544 g/mol. The fraction of sp³-hybridized carbons (Fsp3) is 0.625. The number of amides is 2. The molecule has 1 aromatic heterocycles. The molecule has 3 N–H and O–H groups in total. The van der Waals surface area contributed by atoms with Gasteiger partial charge in [0.2, 0.25) is 11.9 Å². The van der Waals surface area contributed by atoms with Crippen LogP contribution in [0.4, 0.5) is 23.1 Å². The van der Waals surface area contributed by atoms with Crippen molar-refractivity contribution in [3.8, 4) is 5.75 Å². The van der Waals surface area contributed by atoms with Gasteiger partial charge >= 0.3 is 0 Å². The maximum Gasteiger partial charge on any atom is 0.251 e. The molecule has 0 bridgehead atoms. The van der Waals surface area contributed by atoms with E-state index in [0.29, 0.717) is 47.6 Å². The third kappa shape index (κ3) is 5.76. The Kier molecular flexibility index (Phi) is 7.85. The van der Waals surface area contributed by atoms with Crippen molar-refractivity contribution in [1.29, 1.82) is 0 Å². The lowest BCUT2D eigenvalue weighted by Gasteiger charge is -2.48. The van der Waals surface area contributed by atoms with Crippen molar-refractivity contribution in [3.63, 3.8) is 0 Å². The molecule has 2 aliphatic heterocycles. The Hall–Kier alpha value is -3.44. The molecule has 0 atom stereocenters. The minimum Gasteiger partial charge on any atom is -0.495 e. The lowest BCUT2D eigenvalue weighted by molar-refractivity contribution is -0.117. The quantitative estimate of drug-likeness (QED) is 0.405. The molecule has 11 nitrogen and oxygen atoms in total. The SMILES string of the molecule is COc1cc(C(=O)NC2CC(N(C3CCNCC3)C3CC3)C2)ccc1Nc1ncc2c(n1)N(C1CCCC1)CC(=O)N2C. The van der Waals surface area contributed by atoms with Crippen LogP contribution in [-0.2, 0) is 4.79 Å². The second-order valence-electron chi connectivity index (χ2n) is 12.9. The topological polar surface area (TPSA) is 115 Å². The van der Waals surface area contributed by atoms with Crippen molar-refractivity contribution >= 4 is 35.0 Å². The van der Waals surface area contributed by atoms with Crippen molar-refractivity contribution in [2.75, 3.05) is 48.9 Å². The summed E-state index contributed by atoms with van der Waals surface area (Å²) in [6, 6.07) is 7.99. The van der Waals surface area contributed by atoms with Gasteiger partial charge in [-0.2, -0.15) is 4.98 Å². The van der Waals surface area contributed by atoms with Gasteiger partial charge in [-0.15, -0.1) is 0 Å². The number of fused-ring (bicyclic) bond motifs is 1. The number of piperidine rings is 1. The molecule has 0 spiro atoms. The summed E-state index contributed by atoms with van der Waals surface area (Å²) in [7, 11) is 3.37. The van der Waals surface area contributed by atoms with Crippen LogP contribution in [0.15, 0.2) is 24.4 Å². The van der Waals surface area contributed by atoms with E-state index in [2.05, 4.69) is 30.7 Å². The second-order valence-corrected chi connectivity index (χ2v) is 12.9. The second kappa shape index (κ2) is 11.9. The van der Waals surface area contributed by atoms with Gasteiger partial charge in [0.05, 0.1) is 25.5 Å². The lowest BCUT2D eigenvalue weighted by atomic mass is 9.83. The van der Waals surface area contributed by atoms with Crippen LogP contribution in [0.5, 0.6) is 5.75 Å². The van der Waals surface area contributed by atoms with Crippen LogP contribution >= 0.6 is 0 Å². The largest absolute Gasteiger partial charge is 0.495 e. The highest BCUT2D eigenvalue weighted by Gasteiger charge is 2.44. The van der Waals surface area contributed by atoms with E-state index < -0.39 is 0 Å². The van der Waals surface area contributed by atoms with E-state index in [4.69, 9.17) is 9.72 Å². The molecule has 230 valence electrons. The van der Waals surface area contributed by atoms with Crippen molar-refractivity contribution < 1.29 is 14.3 Å². The van der Waals surface area contributed by atoms with Gasteiger partial charge in [0.1, 0.15) is 11.4 Å². The average Bonchev–Trinajstić information content (AvgIpc) is 3.70. The number of anilines is 4. The molecule has 4 fully saturated rings. The third-order valence-electron chi connectivity index (χ3n) is 10.1. The number of carbonyl (C=O) groups excluding carboxylic acids is 2. The van der Waals surface area contributed by atoms with Crippen LogP contribution < -0.4 is 30.5 Å². The molecule has 43 heavy (non-hydrogen) atoms. The number of nitrogens with zero attached hydrogens (tertiary/aromatic N) is 5. The summed E-state index contributed by atoms with van der Waals surface area (Å²) in [4.78, 5) is 41.8. The Balaban J connectivity index is 1.01. The predicted octanol–water partition coefficient (Wildman–Crippen LogP) is 3.43. The number of ether oxygens (including phenoxy) is 1. The van der Waals surface area contributed by atoms with E-state index in [1.807, 2.05) is 12.1 Å². The molecule has 0 unspecified atom stereocenters. The van der Waals surface area contributed by atoms with E-state index in [9.17, 15) is 9.59 Å². The highest BCUT2D eigenvalue weighted by Crippen LogP contribution is 2.40. The van der Waals surface area contributed by atoms with Crippen LogP contribution in [0.25, 0.3) is 0 Å². The number of methoxy groups -OCH3 is 1. The first-order valence-corrected chi connectivity index (χ1v) is 16.1. The molecule has 7 rings (SSSR count). The Bertz CT molecular complexity index is 1350. The van der Waals surface area contributed by atoms with Crippen LogP contribution in [0.3, 0.4) is 0 Å². The van der Waals surface area contributed by atoms with Gasteiger partial charge in [-0.05, 0) is 82.7 Å². The summed E-state index contributed by atoms with van der Waals surface area (Å²) < 4.78 is 5.68. The van der Waals surface area contributed by atoms with E-state index in [0.717, 1.165) is 56.3 Å². The fourth-order valence-electron chi connectivity index (χ4n) is 7.50. The van der Waals surface area contributed by atoms with Gasteiger partial charge < -0.3 is 30.5 Å². The summed E-state index contributed by atoms with van der Waals surface area (Å²) in [5.41, 5.74) is 1.97. The van der Waals surface area contributed by atoms with E-state index in [-0.39, 0.29) is 17.9 Å². The highest BCUT2D eigenvalue weighted by atomic mass is 16.5. The maximum atomic E-state index is 13.2. The van der Waals surface area contributed by atoms with Crippen LogP contribution in [0.1, 0.15) is 74.6 Å². The Labute approximate surface area is 253 Å². The third-order valence-corrected chi connectivity index (χ3v) is 10.1. The molecule has 3 heterocycles. The molecule has 0 radical (unpaired) electrons. The van der Waals surface area contributed by atoms with Gasteiger partial charge in [0.15, 0.2) is 5.82 Å². The summed E-state index contributed by atoms with van der Waals surface area (Å²) >= 11 is 0. The minimum absolute atomic E-state index is 0.0543. The molecule has 3 saturated carbocycles. The molecule has 1 aromatic carbocycles. The maximum absolute atomic E-state index is 13.2. The summed E-state index contributed by atoms with van der Waals surface area (Å²) in [5, 5.41) is 10.0. The number of benzene rings is 1. The molecule has 2 aromatic rings. The van der Waals surface area contributed by atoms with Gasteiger partial charge in [0, 0.05) is 42.8 Å². The summed E-state index contributed by atoms with van der Waals surface area (Å²) in [6.07, 6.45) is 13.4. The van der Waals surface area contributed by atoms with Crippen molar-refractivity contribution in [3.05, 3.63) is 30.0 Å². The lowest BCUT2D eigenvalue weighted by Crippen LogP contribution is -2.58. The zero-order valence-electron chi connectivity index (χ0n) is 25.3. The first-order chi connectivity index (χ1) is 21.0. The number of carbonyl (C=O) groups is 2. The predicted molar refractivity (Wildman–Crippen MR) is 166 cm³/mol. The van der Waals surface area contributed by atoms with Crippen LogP contribution in [-0.4, -0.2) is 90.7 Å². The minimum atomic E-state index is -0.0712. The Morgan fingerprint density at radius 3 is 2.51 bits per heavy atom. The van der Waals surface area contributed by atoms with E-state index in [1.54, 1.807) is 31.3 Å². The molecular formula is C32H44N8O3. The number of hydrogen-bond donors (Lipinski definition) is 3. The van der Waals surface area contributed by atoms with Crippen LogP contribution in [0.2, 0.25) is 0 Å². The normalized spacial score (nSPS) is 24.6. The zero-order valence-corrected chi connectivity index (χ0v) is 25.3. The number of aromatic nitrogens is 2. The number of likely N-dealkylation sites (N-methyl/N-ethyl adjacent to an activating group) is 1. The van der Waals surface area contributed by atoms with E-state index in [1.165, 1.54) is 38.5 Å². The number of rotatable bonds is 9. The first kappa shape index (κ1) is 28.3. The molecule has 2 amide bonds. The number of nitrogens with one attached hydrogen (secondary N) is 3. The van der Waals surface area contributed by atoms with Crippen LogP contribution in [0, 0.1) is 0 Å². The first-order valence-electron chi connectivity index (χ1n) is 16.1. The Morgan fingerprint density at radius 1 is 1.05 bits per heavy atom. The Morgan fingerprint density at radius 2 is 1.79 bits per heavy atom. The molecule has 11 heteroatoms. The molecule has 1 saturated heterocycles. The van der Waals surface area contributed by atoms with Gasteiger partial charge in [0.25, 0.3) is 5.91 Å². The monoisotopic (exact) mass is 588 g/mol. The number of hydrogen-bond acceptors (Lipinski definition) is 9. The van der Waals surface area contributed by atoms with Crippen molar-refractivity contribution in [2.45, 2.75) is 94.4 Å². The average molecular weight is 589 g/mol.